The number of nitrogens with zero attached hydrogens (tertiary/aromatic N) is 3. The molecule has 1 aliphatic heterocycles. The van der Waals surface area contributed by atoms with Crippen molar-refractivity contribution in [3.63, 3.8) is 0 Å². The van der Waals surface area contributed by atoms with Crippen LogP contribution in [0.5, 0.6) is 0 Å². The summed E-state index contributed by atoms with van der Waals surface area (Å²) in [5, 5.41) is 12.3. The Morgan fingerprint density at radius 1 is 1.20 bits per heavy atom. The van der Waals surface area contributed by atoms with E-state index in [-0.39, 0.29) is 5.69 Å². The van der Waals surface area contributed by atoms with Gasteiger partial charge >= 0.3 is 11.7 Å². The summed E-state index contributed by atoms with van der Waals surface area (Å²) in [7, 11) is 1.23. The van der Waals surface area contributed by atoms with Gasteiger partial charge in [-0.2, -0.15) is 0 Å². The van der Waals surface area contributed by atoms with Crippen molar-refractivity contribution in [1.82, 2.24) is 0 Å². The van der Waals surface area contributed by atoms with Crippen LogP contribution in [0, 0.1) is 10.1 Å². The Hall–Kier alpha value is -3.26. The molecule has 0 saturated heterocycles. The van der Waals surface area contributed by atoms with Crippen LogP contribution in [0.3, 0.4) is 0 Å². The Kier molecular flexibility index (Phi) is 4.20. The number of esters is 1. The molecule has 0 aliphatic carbocycles. The number of hydroxylamine groups is 1. The van der Waals surface area contributed by atoms with Crippen LogP contribution >= 0.6 is 0 Å². The molecule has 1 atom stereocenters. The second-order valence-corrected chi connectivity index (χ2v) is 5.32. The Bertz CT molecular complexity index is 835. The van der Waals surface area contributed by atoms with E-state index in [1.165, 1.54) is 36.4 Å². The average Bonchev–Trinajstić information content (AvgIpc) is 3.00. The van der Waals surface area contributed by atoms with Crippen molar-refractivity contribution in [3.8, 4) is 0 Å². The molecule has 8 nitrogen and oxygen atoms in total. The fourth-order valence-corrected chi connectivity index (χ4v) is 2.56. The van der Waals surface area contributed by atoms with Crippen molar-refractivity contribution in [2.45, 2.75) is 12.6 Å². The molecule has 0 bridgehead atoms. The van der Waals surface area contributed by atoms with Gasteiger partial charge in [-0.25, -0.2) is 19.7 Å². The second-order valence-electron chi connectivity index (χ2n) is 5.32. The molecule has 0 saturated carbocycles. The number of carbonyl (C=O) groups is 1. The van der Waals surface area contributed by atoms with Gasteiger partial charge < -0.3 is 4.74 Å². The van der Waals surface area contributed by atoms with E-state index in [1.807, 2.05) is 30.3 Å². The van der Waals surface area contributed by atoms with Crippen LogP contribution < -0.4 is 5.06 Å². The monoisotopic (exact) mass is 341 g/mol. The fraction of sp³-hybridized carbons (Fsp3) is 0.176. The zero-order valence-electron chi connectivity index (χ0n) is 13.6. The Morgan fingerprint density at radius 2 is 1.84 bits per heavy atom. The molecule has 25 heavy (non-hydrogen) atoms. The number of anilines is 1. The minimum Gasteiger partial charge on any atom is -0.465 e. The number of nitro benzene ring substituents is 1. The van der Waals surface area contributed by atoms with Gasteiger partial charge in [-0.3, -0.25) is 10.1 Å². The van der Waals surface area contributed by atoms with E-state index in [1.54, 1.807) is 6.92 Å². The standard InChI is InChI=1S/C17H15N3O5/c1-12-18-17(16(21)24-2,13-8-10-15(11-9-13)20(22)23)25-19(12)14-6-4-3-5-7-14/h3-11H,1-2H3. The molecule has 1 aliphatic rings. The van der Waals surface area contributed by atoms with Crippen molar-refractivity contribution in [2.24, 2.45) is 4.99 Å². The number of para-hydroxylation sites is 1. The predicted molar refractivity (Wildman–Crippen MR) is 89.9 cm³/mol. The van der Waals surface area contributed by atoms with Gasteiger partial charge in [-0.05, 0) is 31.2 Å². The van der Waals surface area contributed by atoms with E-state index in [9.17, 15) is 14.9 Å². The smallest absolute Gasteiger partial charge is 0.369 e. The molecular weight excluding hydrogens is 326 g/mol. The maximum Gasteiger partial charge on any atom is 0.369 e. The van der Waals surface area contributed by atoms with Crippen molar-refractivity contribution in [1.29, 1.82) is 0 Å². The molecule has 0 fully saturated rings. The molecule has 3 rings (SSSR count). The number of nitro groups is 1. The second kappa shape index (κ2) is 6.33. The number of benzene rings is 2. The SMILES string of the molecule is COC(=O)C1(c2ccc([N+](=O)[O-])cc2)N=C(C)N(c2ccccc2)O1. The van der Waals surface area contributed by atoms with Crippen molar-refractivity contribution >= 4 is 23.2 Å². The molecule has 2 aromatic carbocycles. The highest BCUT2D eigenvalue weighted by atomic mass is 16.7. The molecule has 2 aromatic rings. The van der Waals surface area contributed by atoms with E-state index in [2.05, 4.69) is 4.99 Å². The highest BCUT2D eigenvalue weighted by molar-refractivity contribution is 5.99. The predicted octanol–water partition coefficient (Wildman–Crippen LogP) is 2.79. The van der Waals surface area contributed by atoms with Gasteiger partial charge in [0.05, 0.1) is 17.7 Å². The molecule has 1 unspecified atom stereocenters. The first-order valence-corrected chi connectivity index (χ1v) is 7.42. The Morgan fingerprint density at radius 3 is 2.40 bits per heavy atom. The molecule has 0 spiro atoms. The summed E-state index contributed by atoms with van der Waals surface area (Å²) < 4.78 is 4.87. The molecule has 0 N–H and O–H groups in total. The first-order chi connectivity index (χ1) is 12.0. The molecule has 0 radical (unpaired) electrons. The summed E-state index contributed by atoms with van der Waals surface area (Å²) in [6.07, 6.45) is 0. The van der Waals surface area contributed by atoms with Crippen molar-refractivity contribution < 1.29 is 19.3 Å². The molecular formula is C17H15N3O5. The lowest BCUT2D eigenvalue weighted by Gasteiger charge is -2.25. The van der Waals surface area contributed by atoms with Crippen LogP contribution in [0.4, 0.5) is 11.4 Å². The molecule has 8 heteroatoms. The minimum absolute atomic E-state index is 0.0950. The highest BCUT2D eigenvalue weighted by Crippen LogP contribution is 2.38. The van der Waals surface area contributed by atoms with Gasteiger partial charge in [0, 0.05) is 17.7 Å². The topological polar surface area (TPSA) is 94.3 Å². The first-order valence-electron chi connectivity index (χ1n) is 7.42. The maximum atomic E-state index is 12.5. The van der Waals surface area contributed by atoms with E-state index >= 15 is 0 Å². The number of hydrogen-bond donors (Lipinski definition) is 0. The summed E-state index contributed by atoms with van der Waals surface area (Å²) >= 11 is 0. The average molecular weight is 341 g/mol. The number of hydrogen-bond acceptors (Lipinski definition) is 7. The highest BCUT2D eigenvalue weighted by Gasteiger charge is 2.50. The third kappa shape index (κ3) is 2.83. The van der Waals surface area contributed by atoms with E-state index in [0.29, 0.717) is 17.1 Å². The number of carbonyl (C=O) groups excluding carboxylic acids is 1. The van der Waals surface area contributed by atoms with E-state index in [4.69, 9.17) is 9.57 Å². The van der Waals surface area contributed by atoms with Gasteiger partial charge in [0.25, 0.3) is 5.69 Å². The van der Waals surface area contributed by atoms with Crippen LogP contribution in [0.25, 0.3) is 0 Å². The third-order valence-electron chi connectivity index (χ3n) is 3.76. The Balaban J connectivity index is 2.04. The van der Waals surface area contributed by atoms with Gasteiger partial charge in [0.1, 0.15) is 5.84 Å². The van der Waals surface area contributed by atoms with Crippen LogP contribution in [0.2, 0.25) is 0 Å². The van der Waals surface area contributed by atoms with Crippen molar-refractivity contribution in [3.05, 3.63) is 70.3 Å². The lowest BCUT2D eigenvalue weighted by molar-refractivity contribution is -0.384. The number of non-ortho nitro benzene ring substituents is 1. The number of amidine groups is 1. The van der Waals surface area contributed by atoms with Crippen LogP contribution in [0.1, 0.15) is 12.5 Å². The van der Waals surface area contributed by atoms with Gasteiger partial charge in [0.15, 0.2) is 0 Å². The molecule has 0 aromatic heterocycles. The van der Waals surface area contributed by atoms with Gasteiger partial charge in [-0.1, -0.05) is 18.2 Å². The minimum atomic E-state index is -1.75. The fourth-order valence-electron chi connectivity index (χ4n) is 2.56. The largest absolute Gasteiger partial charge is 0.465 e. The van der Waals surface area contributed by atoms with Crippen LogP contribution in [-0.4, -0.2) is 23.8 Å². The summed E-state index contributed by atoms with van der Waals surface area (Å²) in [5.74, 6) is -0.269. The number of ether oxygens (including phenoxy) is 1. The van der Waals surface area contributed by atoms with Gasteiger partial charge in [-0.15, -0.1) is 0 Å². The maximum absolute atomic E-state index is 12.5. The number of rotatable bonds is 4. The lowest BCUT2D eigenvalue weighted by Crippen LogP contribution is -2.38. The first kappa shape index (κ1) is 16.6. The Labute approximate surface area is 143 Å². The quantitative estimate of drug-likeness (QED) is 0.482. The third-order valence-corrected chi connectivity index (χ3v) is 3.76. The normalized spacial score (nSPS) is 19.4. The molecule has 0 amide bonds. The summed E-state index contributed by atoms with van der Waals surface area (Å²) in [6.45, 7) is 1.70. The van der Waals surface area contributed by atoms with Crippen LogP contribution in [-0.2, 0) is 20.1 Å². The number of methoxy groups -OCH3 is 1. The molecule has 128 valence electrons. The van der Waals surface area contributed by atoms with E-state index < -0.39 is 16.6 Å². The lowest BCUT2D eigenvalue weighted by atomic mass is 10.0. The van der Waals surface area contributed by atoms with Crippen molar-refractivity contribution in [2.75, 3.05) is 12.2 Å². The van der Waals surface area contributed by atoms with E-state index in [0.717, 1.165) is 0 Å². The zero-order chi connectivity index (χ0) is 18.0. The summed E-state index contributed by atoms with van der Waals surface area (Å²) in [6, 6.07) is 14.6. The number of aliphatic imine (C=N–C) groups is 1. The summed E-state index contributed by atoms with van der Waals surface area (Å²) in [4.78, 5) is 33.0. The van der Waals surface area contributed by atoms with Crippen LogP contribution in [0.15, 0.2) is 59.6 Å². The van der Waals surface area contributed by atoms with Gasteiger partial charge in [0.2, 0.25) is 0 Å². The summed E-state index contributed by atoms with van der Waals surface area (Å²) in [5.41, 5.74) is -0.814. The molecule has 1 heterocycles. The zero-order valence-corrected chi connectivity index (χ0v) is 13.6.